The van der Waals surface area contributed by atoms with Crippen LogP contribution in [-0.2, 0) is 11.3 Å². The summed E-state index contributed by atoms with van der Waals surface area (Å²) in [5.41, 5.74) is 1.24. The van der Waals surface area contributed by atoms with E-state index in [4.69, 9.17) is 0 Å². The highest BCUT2D eigenvalue weighted by Crippen LogP contribution is 2.14. The largest absolute Gasteiger partial charge is 0.352 e. The van der Waals surface area contributed by atoms with E-state index in [1.165, 1.54) is 17.3 Å². The lowest BCUT2D eigenvalue weighted by atomic mass is 10.2. The van der Waals surface area contributed by atoms with E-state index < -0.39 is 0 Å². The summed E-state index contributed by atoms with van der Waals surface area (Å²) in [7, 11) is 1.65. The molecule has 0 spiro atoms. The highest BCUT2D eigenvalue weighted by atomic mass is 16.2. The Balaban J connectivity index is 1.82. The second-order valence-electron chi connectivity index (χ2n) is 4.83. The van der Waals surface area contributed by atoms with Gasteiger partial charge < -0.3 is 10.2 Å². The highest BCUT2D eigenvalue weighted by molar-refractivity contribution is 6.01. The van der Waals surface area contributed by atoms with Crippen LogP contribution in [0.4, 0.5) is 5.69 Å². The fourth-order valence-corrected chi connectivity index (χ4v) is 1.93. The first kappa shape index (κ1) is 16.3. The minimum Gasteiger partial charge on any atom is -0.352 e. The van der Waals surface area contributed by atoms with E-state index >= 15 is 0 Å². The van der Waals surface area contributed by atoms with Gasteiger partial charge in [-0.15, -0.1) is 5.10 Å². The molecular formula is C15H18N6O2. The second kappa shape index (κ2) is 7.83. The van der Waals surface area contributed by atoms with Crippen molar-refractivity contribution in [2.24, 2.45) is 0 Å². The highest BCUT2D eigenvalue weighted by Gasteiger charge is 2.09. The lowest BCUT2D eigenvalue weighted by Gasteiger charge is -2.15. The molecule has 0 atom stereocenters. The van der Waals surface area contributed by atoms with Crippen LogP contribution in [0.2, 0.25) is 0 Å². The zero-order chi connectivity index (χ0) is 16.7. The predicted octanol–water partition coefficient (Wildman–Crippen LogP) is 0.642. The first-order valence-electron chi connectivity index (χ1n) is 7.11. The summed E-state index contributed by atoms with van der Waals surface area (Å²) in [4.78, 5) is 25.0. The van der Waals surface area contributed by atoms with Gasteiger partial charge >= 0.3 is 0 Å². The Labute approximate surface area is 133 Å². The summed E-state index contributed by atoms with van der Waals surface area (Å²) < 4.78 is 1.60. The standard InChI is InChI=1S/C15H18N6O2/c1-3-14(22)20(2)13-7-5-12(6-8-13)15(23)16-9-4-10-21-11-17-18-19-21/h3,5-8,11H,1,4,9-10H2,2H3,(H,16,23). The van der Waals surface area contributed by atoms with Gasteiger partial charge in [0.15, 0.2) is 0 Å². The Morgan fingerprint density at radius 2 is 2.09 bits per heavy atom. The molecule has 0 aliphatic heterocycles. The molecule has 0 aliphatic rings. The quantitative estimate of drug-likeness (QED) is 0.598. The molecule has 1 heterocycles. The molecule has 0 aliphatic carbocycles. The molecule has 0 saturated heterocycles. The number of amides is 2. The monoisotopic (exact) mass is 314 g/mol. The maximum absolute atomic E-state index is 12.0. The summed E-state index contributed by atoms with van der Waals surface area (Å²) in [5, 5.41) is 13.6. The van der Waals surface area contributed by atoms with Crippen molar-refractivity contribution in [3.63, 3.8) is 0 Å². The van der Waals surface area contributed by atoms with Crippen LogP contribution in [0.15, 0.2) is 43.2 Å². The van der Waals surface area contributed by atoms with E-state index in [-0.39, 0.29) is 11.8 Å². The first-order valence-corrected chi connectivity index (χ1v) is 7.11. The van der Waals surface area contributed by atoms with E-state index in [0.29, 0.717) is 24.3 Å². The molecule has 0 fully saturated rings. The van der Waals surface area contributed by atoms with Gasteiger partial charge in [-0.3, -0.25) is 9.59 Å². The summed E-state index contributed by atoms with van der Waals surface area (Å²) in [5.74, 6) is -0.365. The number of likely N-dealkylation sites (N-methyl/N-ethyl adjacent to an activating group) is 1. The Morgan fingerprint density at radius 1 is 1.35 bits per heavy atom. The number of rotatable bonds is 7. The number of nitrogens with zero attached hydrogens (tertiary/aromatic N) is 5. The lowest BCUT2D eigenvalue weighted by molar-refractivity contribution is -0.113. The fraction of sp³-hybridized carbons (Fsp3) is 0.267. The summed E-state index contributed by atoms with van der Waals surface area (Å²) in [6.45, 7) is 4.61. The van der Waals surface area contributed by atoms with Crippen molar-refractivity contribution < 1.29 is 9.59 Å². The first-order chi connectivity index (χ1) is 11.1. The average molecular weight is 314 g/mol. The van der Waals surface area contributed by atoms with Crippen molar-refractivity contribution in [3.05, 3.63) is 48.8 Å². The Bertz CT molecular complexity index is 666. The average Bonchev–Trinajstić information content (AvgIpc) is 3.10. The SMILES string of the molecule is C=CC(=O)N(C)c1ccc(C(=O)NCCCn2cnnn2)cc1. The maximum Gasteiger partial charge on any atom is 0.251 e. The molecule has 2 aromatic rings. The van der Waals surface area contributed by atoms with Gasteiger partial charge in [-0.25, -0.2) is 4.68 Å². The van der Waals surface area contributed by atoms with Crippen molar-refractivity contribution in [1.82, 2.24) is 25.5 Å². The van der Waals surface area contributed by atoms with Crippen LogP contribution in [0.3, 0.4) is 0 Å². The minimum absolute atomic E-state index is 0.161. The molecule has 2 rings (SSSR count). The normalized spacial score (nSPS) is 10.1. The zero-order valence-electron chi connectivity index (χ0n) is 12.8. The molecule has 1 aromatic heterocycles. The third kappa shape index (κ3) is 4.47. The number of nitrogens with one attached hydrogen (secondary N) is 1. The van der Waals surface area contributed by atoms with Crippen molar-refractivity contribution in [2.75, 3.05) is 18.5 Å². The van der Waals surface area contributed by atoms with Crippen molar-refractivity contribution in [3.8, 4) is 0 Å². The molecule has 2 amide bonds. The second-order valence-corrected chi connectivity index (χ2v) is 4.83. The Hall–Kier alpha value is -3.03. The summed E-state index contributed by atoms with van der Waals surface area (Å²) in [6.07, 6.45) is 3.50. The van der Waals surface area contributed by atoms with E-state index in [1.54, 1.807) is 36.0 Å². The lowest BCUT2D eigenvalue weighted by Crippen LogP contribution is -2.26. The third-order valence-electron chi connectivity index (χ3n) is 3.26. The van der Waals surface area contributed by atoms with E-state index in [9.17, 15) is 9.59 Å². The molecule has 23 heavy (non-hydrogen) atoms. The van der Waals surface area contributed by atoms with Gasteiger partial charge in [0.2, 0.25) is 5.91 Å². The van der Waals surface area contributed by atoms with Gasteiger partial charge in [-0.05, 0) is 47.2 Å². The Morgan fingerprint density at radius 3 is 2.70 bits per heavy atom. The summed E-state index contributed by atoms with van der Waals surface area (Å²) >= 11 is 0. The topological polar surface area (TPSA) is 93.0 Å². The van der Waals surface area contributed by atoms with Gasteiger partial charge in [-0.1, -0.05) is 6.58 Å². The molecule has 8 heteroatoms. The van der Waals surface area contributed by atoms with Crippen LogP contribution in [0.5, 0.6) is 0 Å². The number of hydrogen-bond donors (Lipinski definition) is 1. The van der Waals surface area contributed by atoms with Gasteiger partial charge in [0.1, 0.15) is 6.33 Å². The van der Waals surface area contributed by atoms with Crippen LogP contribution in [0, 0.1) is 0 Å². The van der Waals surface area contributed by atoms with Crippen molar-refractivity contribution in [1.29, 1.82) is 0 Å². The minimum atomic E-state index is -0.204. The van der Waals surface area contributed by atoms with Gasteiger partial charge in [0.05, 0.1) is 0 Å². The molecule has 1 N–H and O–H groups in total. The smallest absolute Gasteiger partial charge is 0.251 e. The van der Waals surface area contributed by atoms with Crippen LogP contribution in [-0.4, -0.2) is 45.6 Å². The van der Waals surface area contributed by atoms with E-state index in [2.05, 4.69) is 27.4 Å². The van der Waals surface area contributed by atoms with Gasteiger partial charge in [0.25, 0.3) is 5.91 Å². The molecule has 0 saturated carbocycles. The maximum atomic E-state index is 12.0. The van der Waals surface area contributed by atoms with Crippen LogP contribution >= 0.6 is 0 Å². The van der Waals surface area contributed by atoms with Crippen molar-refractivity contribution in [2.45, 2.75) is 13.0 Å². The number of hydrogen-bond acceptors (Lipinski definition) is 5. The molecule has 0 bridgehead atoms. The number of anilines is 1. The Kier molecular flexibility index (Phi) is 5.56. The third-order valence-corrected chi connectivity index (χ3v) is 3.26. The van der Waals surface area contributed by atoms with Gasteiger partial charge in [-0.2, -0.15) is 0 Å². The number of tetrazole rings is 1. The molecule has 0 unspecified atom stereocenters. The van der Waals surface area contributed by atoms with Crippen LogP contribution in [0.1, 0.15) is 16.8 Å². The molecule has 0 radical (unpaired) electrons. The number of carbonyl (C=O) groups excluding carboxylic acids is 2. The number of carbonyl (C=O) groups is 2. The van der Waals surface area contributed by atoms with Crippen LogP contribution < -0.4 is 10.2 Å². The predicted molar refractivity (Wildman–Crippen MR) is 84.8 cm³/mol. The van der Waals surface area contributed by atoms with E-state index in [1.807, 2.05) is 0 Å². The number of benzene rings is 1. The molecule has 1 aromatic carbocycles. The summed E-state index contributed by atoms with van der Waals surface area (Å²) in [6, 6.07) is 6.80. The number of aryl methyl sites for hydroxylation is 1. The zero-order valence-corrected chi connectivity index (χ0v) is 12.8. The fourth-order valence-electron chi connectivity index (χ4n) is 1.93. The van der Waals surface area contributed by atoms with Crippen molar-refractivity contribution >= 4 is 17.5 Å². The molecule has 120 valence electrons. The number of aromatic nitrogens is 4. The van der Waals surface area contributed by atoms with E-state index in [0.717, 1.165) is 6.42 Å². The van der Waals surface area contributed by atoms with Gasteiger partial charge in [0, 0.05) is 31.4 Å². The van der Waals surface area contributed by atoms with Crippen LogP contribution in [0.25, 0.3) is 0 Å². The molecule has 8 nitrogen and oxygen atoms in total. The molecular weight excluding hydrogens is 296 g/mol.